The van der Waals surface area contributed by atoms with Gasteiger partial charge in [0.2, 0.25) is 0 Å². The summed E-state index contributed by atoms with van der Waals surface area (Å²) < 4.78 is 5.68. The third-order valence-corrected chi connectivity index (χ3v) is 2.78. The smallest absolute Gasteiger partial charge is 0.328 e. The molecule has 0 aliphatic rings. The Labute approximate surface area is 133 Å². The van der Waals surface area contributed by atoms with E-state index in [1.54, 1.807) is 6.07 Å². The largest absolute Gasteiger partial charge is 0.454 e. The van der Waals surface area contributed by atoms with Gasteiger partial charge < -0.3 is 10.1 Å². The lowest BCUT2D eigenvalue weighted by atomic mass is 10.4. The average Bonchev–Trinajstić information content (AvgIpc) is 2.50. The number of aromatic nitrogens is 3. The van der Waals surface area contributed by atoms with Crippen LogP contribution in [-0.2, 0) is 20.9 Å². The van der Waals surface area contributed by atoms with E-state index in [9.17, 15) is 19.2 Å². The number of pyridine rings is 1. The average molecular weight is 339 g/mol. The van der Waals surface area contributed by atoms with E-state index in [1.165, 1.54) is 12.3 Å². The van der Waals surface area contributed by atoms with Crippen molar-refractivity contribution in [3.8, 4) is 0 Å². The molecule has 2 aromatic heterocycles. The molecule has 1 amide bonds. The quantitative estimate of drug-likeness (QED) is 0.726. The van der Waals surface area contributed by atoms with Gasteiger partial charge in [0.15, 0.2) is 6.61 Å². The molecule has 2 N–H and O–H groups in total. The molecule has 0 aromatic carbocycles. The van der Waals surface area contributed by atoms with E-state index < -0.39 is 36.3 Å². The van der Waals surface area contributed by atoms with Crippen LogP contribution in [0.15, 0.2) is 40.2 Å². The van der Waals surface area contributed by atoms with Gasteiger partial charge in [-0.2, -0.15) is 0 Å². The Hall–Kier alpha value is -2.94. The number of hydrogen-bond acceptors (Lipinski definition) is 6. The zero-order valence-electron chi connectivity index (χ0n) is 11.6. The summed E-state index contributed by atoms with van der Waals surface area (Å²) in [5.41, 5.74) is -1.32. The molecule has 0 radical (unpaired) electrons. The Kier molecular flexibility index (Phi) is 5.26. The first-order valence-corrected chi connectivity index (χ1v) is 6.68. The van der Waals surface area contributed by atoms with E-state index in [4.69, 9.17) is 16.3 Å². The highest BCUT2D eigenvalue weighted by Crippen LogP contribution is 2.09. The second-order valence-electron chi connectivity index (χ2n) is 4.31. The molecular formula is C13H11ClN4O5. The number of ether oxygens (including phenoxy) is 1. The van der Waals surface area contributed by atoms with Crippen LogP contribution >= 0.6 is 11.6 Å². The van der Waals surface area contributed by atoms with Crippen molar-refractivity contribution in [2.75, 3.05) is 11.9 Å². The fourth-order valence-electron chi connectivity index (χ4n) is 1.53. The zero-order chi connectivity index (χ0) is 16.8. The number of carbonyl (C=O) groups excluding carboxylic acids is 2. The predicted molar refractivity (Wildman–Crippen MR) is 80.2 cm³/mol. The highest BCUT2D eigenvalue weighted by atomic mass is 35.5. The van der Waals surface area contributed by atoms with Gasteiger partial charge in [-0.15, -0.1) is 0 Å². The van der Waals surface area contributed by atoms with E-state index in [2.05, 4.69) is 10.3 Å². The lowest BCUT2D eigenvalue weighted by Crippen LogP contribution is -2.32. The zero-order valence-corrected chi connectivity index (χ0v) is 12.4. The van der Waals surface area contributed by atoms with Crippen LogP contribution in [-0.4, -0.2) is 33.0 Å². The number of carbonyl (C=O) groups is 2. The van der Waals surface area contributed by atoms with E-state index in [1.807, 2.05) is 4.98 Å². The Morgan fingerprint density at radius 2 is 2.09 bits per heavy atom. The second-order valence-corrected chi connectivity index (χ2v) is 4.74. The van der Waals surface area contributed by atoms with Crippen molar-refractivity contribution in [1.29, 1.82) is 0 Å². The topological polar surface area (TPSA) is 123 Å². The third-order valence-electron chi connectivity index (χ3n) is 2.56. The minimum atomic E-state index is -0.807. The van der Waals surface area contributed by atoms with Crippen LogP contribution in [0.25, 0.3) is 0 Å². The second kappa shape index (κ2) is 7.36. The normalized spacial score (nSPS) is 10.1. The van der Waals surface area contributed by atoms with E-state index in [-0.39, 0.29) is 5.82 Å². The van der Waals surface area contributed by atoms with Crippen LogP contribution in [0, 0.1) is 0 Å². The maximum absolute atomic E-state index is 11.6. The SMILES string of the molecule is O=C(COC(=O)Cn1ccc(=O)[nH]c1=O)Nc1ccc(Cl)cn1. The molecule has 0 unspecified atom stereocenters. The maximum Gasteiger partial charge on any atom is 0.328 e. The van der Waals surface area contributed by atoms with Gasteiger partial charge in [-0.3, -0.25) is 23.9 Å². The fraction of sp³-hybridized carbons (Fsp3) is 0.154. The van der Waals surface area contributed by atoms with E-state index >= 15 is 0 Å². The summed E-state index contributed by atoms with van der Waals surface area (Å²) in [5.74, 6) is -1.15. The number of esters is 1. The number of halogens is 1. The van der Waals surface area contributed by atoms with Gasteiger partial charge in [0, 0.05) is 18.5 Å². The highest BCUT2D eigenvalue weighted by molar-refractivity contribution is 6.30. The Balaban J connectivity index is 1.84. The number of nitrogens with zero attached hydrogens (tertiary/aromatic N) is 2. The Morgan fingerprint density at radius 1 is 1.30 bits per heavy atom. The van der Waals surface area contributed by atoms with Crippen LogP contribution in [0.5, 0.6) is 0 Å². The first-order valence-electron chi connectivity index (χ1n) is 6.31. The first-order chi connectivity index (χ1) is 10.9. The highest BCUT2D eigenvalue weighted by Gasteiger charge is 2.10. The summed E-state index contributed by atoms with van der Waals surface area (Å²) in [6.07, 6.45) is 2.51. The number of aromatic amines is 1. The number of anilines is 1. The molecule has 0 atom stereocenters. The minimum Gasteiger partial charge on any atom is -0.454 e. The Bertz CT molecular complexity index is 827. The van der Waals surface area contributed by atoms with Gasteiger partial charge >= 0.3 is 11.7 Å². The molecule has 120 valence electrons. The van der Waals surface area contributed by atoms with Crippen LogP contribution in [0.4, 0.5) is 5.82 Å². The van der Waals surface area contributed by atoms with Crippen LogP contribution < -0.4 is 16.6 Å². The monoisotopic (exact) mass is 338 g/mol. The molecule has 23 heavy (non-hydrogen) atoms. The van der Waals surface area contributed by atoms with Gasteiger partial charge in [-0.25, -0.2) is 9.78 Å². The van der Waals surface area contributed by atoms with Crippen molar-refractivity contribution in [3.05, 3.63) is 56.5 Å². The van der Waals surface area contributed by atoms with Crippen molar-refractivity contribution in [3.63, 3.8) is 0 Å². The fourth-order valence-corrected chi connectivity index (χ4v) is 1.64. The number of H-pyrrole nitrogens is 1. The molecule has 0 fully saturated rings. The molecule has 0 aliphatic heterocycles. The summed E-state index contributed by atoms with van der Waals surface area (Å²) in [7, 11) is 0. The molecule has 0 bridgehead atoms. The standard InChI is InChI=1S/C13H11ClN4O5/c14-8-1-2-9(15-5-8)16-11(20)7-23-12(21)6-18-4-3-10(19)17-13(18)22/h1-5H,6-7H2,(H,15,16,20)(H,17,19,22). The molecule has 0 saturated heterocycles. The number of amides is 1. The molecule has 2 rings (SSSR count). The summed E-state index contributed by atoms with van der Waals surface area (Å²) in [4.78, 5) is 51.3. The molecule has 0 saturated carbocycles. The van der Waals surface area contributed by atoms with Crippen molar-refractivity contribution < 1.29 is 14.3 Å². The summed E-state index contributed by atoms with van der Waals surface area (Å²) in [6.45, 7) is -0.969. The van der Waals surface area contributed by atoms with Crippen LogP contribution in [0.3, 0.4) is 0 Å². The lowest BCUT2D eigenvalue weighted by Gasteiger charge is -2.07. The number of hydrogen-bond donors (Lipinski definition) is 2. The molecule has 9 nitrogen and oxygen atoms in total. The van der Waals surface area contributed by atoms with Gasteiger partial charge in [-0.1, -0.05) is 11.6 Å². The maximum atomic E-state index is 11.6. The number of nitrogens with one attached hydrogen (secondary N) is 2. The Morgan fingerprint density at radius 3 is 2.74 bits per heavy atom. The lowest BCUT2D eigenvalue weighted by molar-refractivity contribution is -0.148. The van der Waals surface area contributed by atoms with Gasteiger partial charge in [0.25, 0.3) is 11.5 Å². The molecule has 2 aromatic rings. The van der Waals surface area contributed by atoms with Crippen molar-refractivity contribution in [1.82, 2.24) is 14.5 Å². The molecule has 2 heterocycles. The van der Waals surface area contributed by atoms with Crippen molar-refractivity contribution in [2.24, 2.45) is 0 Å². The van der Waals surface area contributed by atoms with Crippen LogP contribution in [0.1, 0.15) is 0 Å². The summed E-state index contributed by atoms with van der Waals surface area (Å²) in [5, 5.41) is 2.82. The molecule has 0 aliphatic carbocycles. The van der Waals surface area contributed by atoms with Gasteiger partial charge in [0.1, 0.15) is 12.4 Å². The van der Waals surface area contributed by atoms with Gasteiger partial charge in [0.05, 0.1) is 5.02 Å². The molecular weight excluding hydrogens is 328 g/mol. The van der Waals surface area contributed by atoms with E-state index in [0.717, 1.165) is 16.8 Å². The van der Waals surface area contributed by atoms with Gasteiger partial charge in [-0.05, 0) is 12.1 Å². The number of rotatable bonds is 5. The summed E-state index contributed by atoms with van der Waals surface area (Å²) >= 11 is 5.66. The van der Waals surface area contributed by atoms with Crippen molar-refractivity contribution in [2.45, 2.75) is 6.54 Å². The molecule has 10 heteroatoms. The predicted octanol–water partition coefficient (Wildman–Crippen LogP) is -0.233. The first kappa shape index (κ1) is 16.4. The minimum absolute atomic E-state index is 0.257. The van der Waals surface area contributed by atoms with Crippen molar-refractivity contribution >= 4 is 29.3 Å². The third kappa shape index (κ3) is 5.08. The van der Waals surface area contributed by atoms with E-state index in [0.29, 0.717) is 5.02 Å². The summed E-state index contributed by atoms with van der Waals surface area (Å²) in [6, 6.07) is 4.12. The molecule has 0 spiro atoms. The van der Waals surface area contributed by atoms with Crippen LogP contribution in [0.2, 0.25) is 5.02 Å².